The number of benzene rings is 1. The Morgan fingerprint density at radius 2 is 1.92 bits per heavy atom. The smallest absolute Gasteiger partial charge is 0.261 e. The number of aryl methyl sites for hydroxylation is 2. The highest BCUT2D eigenvalue weighted by molar-refractivity contribution is 7.14. The first-order chi connectivity index (χ1) is 11.7. The van der Waals surface area contributed by atoms with Crippen molar-refractivity contribution < 1.29 is 19.0 Å². The second kappa shape index (κ2) is 7.13. The van der Waals surface area contributed by atoms with Gasteiger partial charge in [-0.15, -0.1) is 11.3 Å². The summed E-state index contributed by atoms with van der Waals surface area (Å²) < 4.78 is 16.1. The van der Waals surface area contributed by atoms with Crippen molar-refractivity contribution in [3.63, 3.8) is 0 Å². The van der Waals surface area contributed by atoms with Gasteiger partial charge in [0.15, 0.2) is 11.5 Å². The number of hydrogen-bond acceptors (Lipinski definition) is 5. The van der Waals surface area contributed by atoms with Crippen molar-refractivity contribution in [1.82, 2.24) is 5.32 Å². The van der Waals surface area contributed by atoms with Gasteiger partial charge >= 0.3 is 0 Å². The van der Waals surface area contributed by atoms with E-state index in [0.29, 0.717) is 23.8 Å². The van der Waals surface area contributed by atoms with Crippen molar-refractivity contribution in [3.8, 4) is 17.2 Å². The summed E-state index contributed by atoms with van der Waals surface area (Å²) in [6.07, 6.45) is 3.38. The number of hydrogen-bond donors (Lipinski definition) is 1. The average molecular weight is 347 g/mol. The summed E-state index contributed by atoms with van der Waals surface area (Å²) >= 11 is 1.60. The van der Waals surface area contributed by atoms with Gasteiger partial charge < -0.3 is 19.5 Å². The Labute approximate surface area is 145 Å². The highest BCUT2D eigenvalue weighted by Gasteiger charge is 2.20. The lowest BCUT2D eigenvalue weighted by atomic mass is 10.1. The van der Waals surface area contributed by atoms with Crippen molar-refractivity contribution in [2.75, 3.05) is 21.3 Å². The predicted octanol–water partition coefficient (Wildman–Crippen LogP) is 3.19. The number of ether oxygens (including phenoxy) is 3. The molecule has 0 saturated heterocycles. The van der Waals surface area contributed by atoms with Gasteiger partial charge in [-0.05, 0) is 43.0 Å². The standard InChI is InChI=1S/C18H21NO4S/c1-21-13-8-7-12(16(22-2)17(13)23-3)10-19-18(20)15-9-11-5-4-6-14(11)24-15/h7-9H,4-6,10H2,1-3H3,(H,19,20). The lowest BCUT2D eigenvalue weighted by Gasteiger charge is -2.16. The van der Waals surface area contributed by atoms with Crippen molar-refractivity contribution in [2.24, 2.45) is 0 Å². The van der Waals surface area contributed by atoms with Gasteiger partial charge in [-0.3, -0.25) is 4.79 Å². The second-order valence-electron chi connectivity index (χ2n) is 5.59. The molecule has 0 unspecified atom stereocenters. The predicted molar refractivity (Wildman–Crippen MR) is 93.6 cm³/mol. The van der Waals surface area contributed by atoms with Crippen LogP contribution in [-0.4, -0.2) is 27.2 Å². The van der Waals surface area contributed by atoms with Crippen LogP contribution in [0, 0.1) is 0 Å². The number of nitrogens with one attached hydrogen (secondary N) is 1. The van der Waals surface area contributed by atoms with E-state index in [1.54, 1.807) is 32.7 Å². The molecule has 0 bridgehead atoms. The molecule has 2 aromatic rings. The third-order valence-corrected chi connectivity index (χ3v) is 5.43. The molecule has 128 valence electrons. The SMILES string of the molecule is COc1ccc(CNC(=O)c2cc3c(s2)CCC3)c(OC)c1OC. The summed E-state index contributed by atoms with van der Waals surface area (Å²) in [6, 6.07) is 5.70. The van der Waals surface area contributed by atoms with Gasteiger partial charge in [0.05, 0.1) is 26.2 Å². The second-order valence-corrected chi connectivity index (χ2v) is 6.73. The molecule has 1 heterocycles. The van der Waals surface area contributed by atoms with Gasteiger partial charge in [0.2, 0.25) is 5.75 Å². The number of carbonyl (C=O) groups excluding carboxylic acids is 1. The Bertz CT molecular complexity index is 732. The van der Waals surface area contributed by atoms with E-state index in [0.717, 1.165) is 23.3 Å². The molecule has 0 fully saturated rings. The maximum atomic E-state index is 12.4. The van der Waals surface area contributed by atoms with Crippen molar-refractivity contribution in [3.05, 3.63) is 39.1 Å². The highest BCUT2D eigenvalue weighted by atomic mass is 32.1. The largest absolute Gasteiger partial charge is 0.493 e. The minimum atomic E-state index is -0.0498. The molecule has 1 aromatic heterocycles. The van der Waals surface area contributed by atoms with Crippen LogP contribution in [0.1, 0.15) is 32.1 Å². The van der Waals surface area contributed by atoms with Crippen LogP contribution in [0.3, 0.4) is 0 Å². The van der Waals surface area contributed by atoms with Crippen LogP contribution in [0.15, 0.2) is 18.2 Å². The van der Waals surface area contributed by atoms with Gasteiger partial charge in [0.1, 0.15) is 0 Å². The van der Waals surface area contributed by atoms with Gasteiger partial charge in [-0.25, -0.2) is 0 Å². The topological polar surface area (TPSA) is 56.8 Å². The van der Waals surface area contributed by atoms with Crippen LogP contribution in [0.4, 0.5) is 0 Å². The molecule has 0 spiro atoms. The Balaban J connectivity index is 1.74. The zero-order chi connectivity index (χ0) is 17.1. The van der Waals surface area contributed by atoms with Crippen LogP contribution in [0.25, 0.3) is 0 Å². The van der Waals surface area contributed by atoms with Crippen LogP contribution in [-0.2, 0) is 19.4 Å². The first-order valence-electron chi connectivity index (χ1n) is 7.85. The van der Waals surface area contributed by atoms with E-state index in [1.807, 2.05) is 18.2 Å². The number of carbonyl (C=O) groups is 1. The minimum absolute atomic E-state index is 0.0498. The third kappa shape index (κ3) is 3.06. The van der Waals surface area contributed by atoms with E-state index in [4.69, 9.17) is 14.2 Å². The maximum absolute atomic E-state index is 12.4. The van der Waals surface area contributed by atoms with E-state index in [2.05, 4.69) is 5.32 Å². The first-order valence-corrected chi connectivity index (χ1v) is 8.67. The van der Waals surface area contributed by atoms with Crippen LogP contribution in [0.2, 0.25) is 0 Å². The van der Waals surface area contributed by atoms with Gasteiger partial charge in [-0.2, -0.15) is 0 Å². The molecular weight excluding hydrogens is 326 g/mol. The molecular formula is C18H21NO4S. The van der Waals surface area contributed by atoms with Crippen LogP contribution in [0.5, 0.6) is 17.2 Å². The fraction of sp³-hybridized carbons (Fsp3) is 0.389. The van der Waals surface area contributed by atoms with Gasteiger partial charge in [0.25, 0.3) is 5.91 Å². The first kappa shape index (κ1) is 16.6. The van der Waals surface area contributed by atoms with E-state index in [-0.39, 0.29) is 5.91 Å². The number of rotatable bonds is 6. The number of methoxy groups -OCH3 is 3. The number of amides is 1. The van der Waals surface area contributed by atoms with Crippen LogP contribution >= 0.6 is 11.3 Å². The Hall–Kier alpha value is -2.21. The molecule has 6 heteroatoms. The molecule has 0 radical (unpaired) electrons. The lowest BCUT2D eigenvalue weighted by Crippen LogP contribution is -2.22. The summed E-state index contributed by atoms with van der Waals surface area (Å²) in [7, 11) is 4.72. The molecule has 0 atom stereocenters. The Morgan fingerprint density at radius 1 is 1.12 bits per heavy atom. The average Bonchev–Trinajstić information content (AvgIpc) is 3.20. The van der Waals surface area contributed by atoms with Crippen molar-refractivity contribution >= 4 is 17.2 Å². The van der Waals surface area contributed by atoms with E-state index in [1.165, 1.54) is 16.9 Å². The number of fused-ring (bicyclic) bond motifs is 1. The molecule has 24 heavy (non-hydrogen) atoms. The van der Waals surface area contributed by atoms with E-state index in [9.17, 15) is 4.79 Å². The number of thiophene rings is 1. The molecule has 1 aliphatic rings. The minimum Gasteiger partial charge on any atom is -0.493 e. The van der Waals surface area contributed by atoms with Crippen molar-refractivity contribution in [1.29, 1.82) is 0 Å². The van der Waals surface area contributed by atoms with E-state index < -0.39 is 0 Å². The van der Waals surface area contributed by atoms with Gasteiger partial charge in [0, 0.05) is 17.0 Å². The van der Waals surface area contributed by atoms with E-state index >= 15 is 0 Å². The molecule has 1 aromatic carbocycles. The zero-order valence-corrected chi connectivity index (χ0v) is 14.9. The Morgan fingerprint density at radius 3 is 2.58 bits per heavy atom. The summed E-state index contributed by atoms with van der Waals surface area (Å²) in [5.74, 6) is 1.65. The molecule has 1 N–H and O–H groups in total. The molecule has 0 saturated carbocycles. The van der Waals surface area contributed by atoms with Crippen molar-refractivity contribution in [2.45, 2.75) is 25.8 Å². The zero-order valence-electron chi connectivity index (χ0n) is 14.1. The van der Waals surface area contributed by atoms with Gasteiger partial charge in [-0.1, -0.05) is 0 Å². The fourth-order valence-corrected chi connectivity index (χ4v) is 4.18. The lowest BCUT2D eigenvalue weighted by molar-refractivity contribution is 0.0954. The molecule has 1 aliphatic carbocycles. The molecule has 3 rings (SSSR count). The maximum Gasteiger partial charge on any atom is 0.261 e. The molecule has 5 nitrogen and oxygen atoms in total. The monoisotopic (exact) mass is 347 g/mol. The summed E-state index contributed by atoms with van der Waals surface area (Å²) in [6.45, 7) is 0.366. The molecule has 0 aliphatic heterocycles. The summed E-state index contributed by atoms with van der Waals surface area (Å²) in [4.78, 5) is 14.5. The Kier molecular flexibility index (Phi) is 4.94. The third-order valence-electron chi connectivity index (χ3n) is 4.20. The quantitative estimate of drug-likeness (QED) is 0.872. The fourth-order valence-electron chi connectivity index (χ4n) is 3.01. The normalized spacial score (nSPS) is 12.6. The summed E-state index contributed by atoms with van der Waals surface area (Å²) in [5.41, 5.74) is 2.17. The molecule has 1 amide bonds. The summed E-state index contributed by atoms with van der Waals surface area (Å²) in [5, 5.41) is 2.96. The van der Waals surface area contributed by atoms with Crippen LogP contribution < -0.4 is 19.5 Å². The highest BCUT2D eigenvalue weighted by Crippen LogP contribution is 2.39.